The lowest BCUT2D eigenvalue weighted by Crippen LogP contribution is -2.04. The van der Waals surface area contributed by atoms with Crippen molar-refractivity contribution >= 4 is 0 Å². The van der Waals surface area contributed by atoms with Crippen LogP contribution in [0.15, 0.2) is 18.6 Å². The van der Waals surface area contributed by atoms with Crippen LogP contribution in [0.25, 0.3) is 0 Å². The van der Waals surface area contributed by atoms with Crippen LogP contribution in [-0.4, -0.2) is 9.97 Å². The molecule has 2 nitrogen and oxygen atoms in total. The van der Waals surface area contributed by atoms with Gasteiger partial charge in [0.25, 0.3) is 0 Å². The molecule has 0 spiro atoms. The molecule has 1 aromatic heterocycles. The first-order valence-corrected chi connectivity index (χ1v) is 3.97. The van der Waals surface area contributed by atoms with Crippen LogP contribution in [0.1, 0.15) is 32.4 Å². The Morgan fingerprint density at radius 3 is 2.36 bits per heavy atom. The molecule has 0 N–H and O–H groups in total. The Balaban J connectivity index is 2.77. The molecule has 11 heavy (non-hydrogen) atoms. The summed E-state index contributed by atoms with van der Waals surface area (Å²) >= 11 is 0. The highest BCUT2D eigenvalue weighted by molar-refractivity contribution is 5.02. The van der Waals surface area contributed by atoms with E-state index in [1.807, 2.05) is 6.20 Å². The standard InChI is InChI=1S/C9H14N2/c1-7(2)8(3)9-6-10-4-5-11-9/h4-8H,1-3H3/t8-/m0/s1. The summed E-state index contributed by atoms with van der Waals surface area (Å²) in [6, 6.07) is 0. The molecule has 60 valence electrons. The molecule has 0 aliphatic heterocycles. The van der Waals surface area contributed by atoms with Crippen LogP contribution >= 0.6 is 0 Å². The third-order valence-corrected chi connectivity index (χ3v) is 2.05. The van der Waals surface area contributed by atoms with Gasteiger partial charge in [0, 0.05) is 24.5 Å². The van der Waals surface area contributed by atoms with Gasteiger partial charge >= 0.3 is 0 Å². The van der Waals surface area contributed by atoms with E-state index in [1.165, 1.54) is 0 Å². The molecule has 0 bridgehead atoms. The van der Waals surface area contributed by atoms with Crippen molar-refractivity contribution in [2.24, 2.45) is 5.92 Å². The van der Waals surface area contributed by atoms with Crippen LogP contribution in [0.4, 0.5) is 0 Å². The van der Waals surface area contributed by atoms with Crippen LogP contribution in [0.2, 0.25) is 0 Å². The Hall–Kier alpha value is -0.920. The topological polar surface area (TPSA) is 25.8 Å². The van der Waals surface area contributed by atoms with E-state index in [-0.39, 0.29) is 0 Å². The van der Waals surface area contributed by atoms with Crippen LogP contribution in [-0.2, 0) is 0 Å². The SMILES string of the molecule is CC(C)[C@H](C)c1cnccn1. The van der Waals surface area contributed by atoms with Gasteiger partial charge in [-0.1, -0.05) is 20.8 Å². The Morgan fingerprint density at radius 1 is 1.18 bits per heavy atom. The molecule has 0 aliphatic carbocycles. The summed E-state index contributed by atoms with van der Waals surface area (Å²) in [5.41, 5.74) is 1.09. The first kappa shape index (κ1) is 8.18. The fourth-order valence-corrected chi connectivity index (χ4v) is 0.887. The van der Waals surface area contributed by atoms with Gasteiger partial charge in [0.15, 0.2) is 0 Å². The molecule has 0 unspecified atom stereocenters. The number of hydrogen-bond acceptors (Lipinski definition) is 2. The lowest BCUT2D eigenvalue weighted by molar-refractivity contribution is 0.522. The average molecular weight is 150 g/mol. The van der Waals surface area contributed by atoms with E-state index in [1.54, 1.807) is 12.4 Å². The average Bonchev–Trinajstić information content (AvgIpc) is 2.05. The second-order valence-electron chi connectivity index (χ2n) is 3.16. The minimum atomic E-state index is 0.503. The normalized spacial score (nSPS) is 13.5. The predicted octanol–water partition coefficient (Wildman–Crippen LogP) is 2.24. The van der Waals surface area contributed by atoms with E-state index in [0.29, 0.717) is 11.8 Å². The third kappa shape index (κ3) is 2.00. The Bertz CT molecular complexity index is 206. The van der Waals surface area contributed by atoms with Crippen molar-refractivity contribution in [3.63, 3.8) is 0 Å². The van der Waals surface area contributed by atoms with Crippen molar-refractivity contribution in [1.82, 2.24) is 9.97 Å². The third-order valence-electron chi connectivity index (χ3n) is 2.05. The molecular formula is C9H14N2. The fraction of sp³-hybridized carbons (Fsp3) is 0.556. The van der Waals surface area contributed by atoms with Gasteiger partial charge < -0.3 is 0 Å². The maximum atomic E-state index is 4.24. The second kappa shape index (κ2) is 3.46. The molecule has 0 saturated heterocycles. The molecule has 0 fully saturated rings. The van der Waals surface area contributed by atoms with Crippen molar-refractivity contribution < 1.29 is 0 Å². The summed E-state index contributed by atoms with van der Waals surface area (Å²) in [6.07, 6.45) is 5.29. The summed E-state index contributed by atoms with van der Waals surface area (Å²) in [5, 5.41) is 0. The van der Waals surface area contributed by atoms with Gasteiger partial charge in [0.1, 0.15) is 0 Å². The van der Waals surface area contributed by atoms with E-state index in [9.17, 15) is 0 Å². The second-order valence-corrected chi connectivity index (χ2v) is 3.16. The van der Waals surface area contributed by atoms with E-state index >= 15 is 0 Å². The van der Waals surface area contributed by atoms with Gasteiger partial charge in [-0.25, -0.2) is 0 Å². The number of nitrogens with zero attached hydrogens (tertiary/aromatic N) is 2. The monoisotopic (exact) mass is 150 g/mol. The molecule has 0 saturated carbocycles. The highest BCUT2D eigenvalue weighted by Gasteiger charge is 2.10. The summed E-state index contributed by atoms with van der Waals surface area (Å²) < 4.78 is 0. The highest BCUT2D eigenvalue weighted by Crippen LogP contribution is 2.19. The van der Waals surface area contributed by atoms with Crippen molar-refractivity contribution in [3.8, 4) is 0 Å². The van der Waals surface area contributed by atoms with Gasteiger partial charge in [-0.05, 0) is 5.92 Å². The molecule has 1 aromatic rings. The lowest BCUT2D eigenvalue weighted by atomic mass is 9.95. The van der Waals surface area contributed by atoms with Crippen molar-refractivity contribution in [2.45, 2.75) is 26.7 Å². The number of rotatable bonds is 2. The van der Waals surface area contributed by atoms with Gasteiger partial charge in [-0.2, -0.15) is 0 Å². The maximum absolute atomic E-state index is 4.24. The molecule has 0 aliphatic rings. The first-order valence-electron chi connectivity index (χ1n) is 3.97. The van der Waals surface area contributed by atoms with Gasteiger partial charge in [0.05, 0.1) is 5.69 Å². The van der Waals surface area contributed by atoms with Gasteiger partial charge in [0.2, 0.25) is 0 Å². The summed E-state index contributed by atoms with van der Waals surface area (Å²) in [6.45, 7) is 6.56. The van der Waals surface area contributed by atoms with Crippen molar-refractivity contribution in [1.29, 1.82) is 0 Å². The Kier molecular flexibility index (Phi) is 2.58. The van der Waals surface area contributed by atoms with Crippen LogP contribution < -0.4 is 0 Å². The van der Waals surface area contributed by atoms with Crippen LogP contribution in [0.5, 0.6) is 0 Å². The van der Waals surface area contributed by atoms with Crippen molar-refractivity contribution in [3.05, 3.63) is 24.3 Å². The minimum absolute atomic E-state index is 0.503. The minimum Gasteiger partial charge on any atom is -0.261 e. The zero-order valence-electron chi connectivity index (χ0n) is 7.28. The largest absolute Gasteiger partial charge is 0.261 e. The predicted molar refractivity (Wildman–Crippen MR) is 45.3 cm³/mol. The fourth-order valence-electron chi connectivity index (χ4n) is 0.887. The molecule has 1 atom stereocenters. The van der Waals surface area contributed by atoms with Gasteiger partial charge in [-0.3, -0.25) is 9.97 Å². The highest BCUT2D eigenvalue weighted by atomic mass is 14.8. The number of hydrogen-bond donors (Lipinski definition) is 0. The van der Waals surface area contributed by atoms with E-state index in [0.717, 1.165) is 5.69 Å². The lowest BCUT2D eigenvalue weighted by Gasteiger charge is -2.13. The first-order chi connectivity index (χ1) is 5.22. The summed E-state index contributed by atoms with van der Waals surface area (Å²) in [4.78, 5) is 8.26. The molecule has 0 aromatic carbocycles. The zero-order valence-corrected chi connectivity index (χ0v) is 7.28. The zero-order chi connectivity index (χ0) is 8.27. The smallest absolute Gasteiger partial charge is 0.0617 e. The van der Waals surface area contributed by atoms with E-state index in [2.05, 4.69) is 30.7 Å². The van der Waals surface area contributed by atoms with Crippen LogP contribution in [0, 0.1) is 5.92 Å². The molecule has 1 heterocycles. The number of aromatic nitrogens is 2. The van der Waals surface area contributed by atoms with E-state index in [4.69, 9.17) is 0 Å². The Morgan fingerprint density at radius 2 is 1.91 bits per heavy atom. The molecule has 0 amide bonds. The molecule has 1 rings (SSSR count). The van der Waals surface area contributed by atoms with Crippen LogP contribution in [0.3, 0.4) is 0 Å². The molecular weight excluding hydrogens is 136 g/mol. The van der Waals surface area contributed by atoms with Crippen molar-refractivity contribution in [2.75, 3.05) is 0 Å². The Labute approximate surface area is 67.7 Å². The van der Waals surface area contributed by atoms with Gasteiger partial charge in [-0.15, -0.1) is 0 Å². The summed E-state index contributed by atoms with van der Waals surface area (Å²) in [5.74, 6) is 1.13. The quantitative estimate of drug-likeness (QED) is 0.646. The summed E-state index contributed by atoms with van der Waals surface area (Å²) in [7, 11) is 0. The maximum Gasteiger partial charge on any atom is 0.0617 e. The molecule has 0 radical (unpaired) electrons. The molecule has 2 heteroatoms. The van der Waals surface area contributed by atoms with E-state index < -0.39 is 0 Å².